The maximum Gasteiger partial charge on any atom is 0.0447 e. The molecule has 0 N–H and O–H groups in total. The number of anilines is 1. The van der Waals surface area contributed by atoms with E-state index in [0.717, 1.165) is 0 Å². The second-order valence-electron chi connectivity index (χ2n) is 9.73. The zero-order valence-corrected chi connectivity index (χ0v) is 20.2. The van der Waals surface area contributed by atoms with Crippen LogP contribution in [0.4, 0.5) is 5.69 Å². The second kappa shape index (κ2) is 9.14. The third-order valence-electron chi connectivity index (χ3n) is 7.02. The molecule has 1 nitrogen and oxygen atoms in total. The first-order valence-corrected chi connectivity index (χ1v) is 11.3. The molecule has 0 bridgehead atoms. The summed E-state index contributed by atoms with van der Waals surface area (Å²) in [5.41, 5.74) is 6.92. The molecule has 31 heavy (non-hydrogen) atoms. The zero-order valence-electron chi connectivity index (χ0n) is 20.2. The van der Waals surface area contributed by atoms with Crippen molar-refractivity contribution >= 4 is 5.69 Å². The highest BCUT2D eigenvalue weighted by atomic mass is 15.2. The molecular weight excluding hydrogens is 374 g/mol. The van der Waals surface area contributed by atoms with Gasteiger partial charge in [-0.1, -0.05) is 114 Å². The Morgan fingerprint density at radius 3 is 2.19 bits per heavy atom. The Kier molecular flexibility index (Phi) is 6.74. The number of fused-ring (bicyclic) bond motifs is 1. The van der Waals surface area contributed by atoms with Gasteiger partial charge >= 0.3 is 0 Å². The lowest BCUT2D eigenvalue weighted by atomic mass is 9.72. The molecule has 162 valence electrons. The van der Waals surface area contributed by atoms with Crippen molar-refractivity contribution in [2.45, 2.75) is 52.4 Å². The SMILES string of the molecule is Cc1ccccc1C(C)(C)C(C)/C=C/C=C/C=C/C=C1/N(C)c2ccccc2C1(C)C. The summed E-state index contributed by atoms with van der Waals surface area (Å²) in [4.78, 5) is 2.30. The van der Waals surface area contributed by atoms with Crippen molar-refractivity contribution in [3.8, 4) is 0 Å². The van der Waals surface area contributed by atoms with Crippen LogP contribution in [0.3, 0.4) is 0 Å². The maximum absolute atomic E-state index is 2.33. The number of nitrogens with zero attached hydrogens (tertiary/aromatic N) is 1. The van der Waals surface area contributed by atoms with E-state index in [2.05, 4.69) is 145 Å². The van der Waals surface area contributed by atoms with Crippen LogP contribution in [-0.4, -0.2) is 7.05 Å². The molecule has 0 radical (unpaired) electrons. The van der Waals surface area contributed by atoms with Gasteiger partial charge in [0.15, 0.2) is 0 Å². The molecular formula is C30H37N. The average molecular weight is 412 g/mol. The van der Waals surface area contributed by atoms with Gasteiger partial charge in [0.05, 0.1) is 0 Å². The van der Waals surface area contributed by atoms with Crippen molar-refractivity contribution < 1.29 is 0 Å². The monoisotopic (exact) mass is 411 g/mol. The predicted octanol–water partition coefficient (Wildman–Crippen LogP) is 7.89. The molecule has 1 aliphatic heterocycles. The number of aryl methyl sites for hydroxylation is 1. The lowest BCUT2D eigenvalue weighted by Gasteiger charge is -2.32. The molecule has 1 aliphatic rings. The largest absolute Gasteiger partial charge is 0.347 e. The molecule has 1 heteroatoms. The maximum atomic E-state index is 2.33. The molecule has 2 aromatic carbocycles. The molecule has 3 rings (SSSR count). The third-order valence-corrected chi connectivity index (χ3v) is 7.02. The molecule has 0 saturated heterocycles. The Bertz CT molecular complexity index is 1030. The van der Waals surface area contributed by atoms with E-state index < -0.39 is 0 Å². The van der Waals surface area contributed by atoms with Gasteiger partial charge in [0.1, 0.15) is 0 Å². The van der Waals surface area contributed by atoms with Crippen LogP contribution in [0.25, 0.3) is 0 Å². The number of hydrogen-bond acceptors (Lipinski definition) is 1. The first-order valence-electron chi connectivity index (χ1n) is 11.3. The van der Waals surface area contributed by atoms with E-state index in [-0.39, 0.29) is 10.8 Å². The number of benzene rings is 2. The molecule has 0 aliphatic carbocycles. The van der Waals surface area contributed by atoms with Crippen molar-refractivity contribution in [1.82, 2.24) is 0 Å². The van der Waals surface area contributed by atoms with Crippen LogP contribution >= 0.6 is 0 Å². The van der Waals surface area contributed by atoms with Crippen LogP contribution in [0.15, 0.2) is 96.8 Å². The second-order valence-corrected chi connectivity index (χ2v) is 9.73. The fourth-order valence-corrected chi connectivity index (χ4v) is 4.65. The van der Waals surface area contributed by atoms with E-state index in [1.165, 1.54) is 28.1 Å². The molecule has 0 aromatic heterocycles. The molecule has 0 fully saturated rings. The van der Waals surface area contributed by atoms with E-state index in [9.17, 15) is 0 Å². The van der Waals surface area contributed by atoms with Crippen molar-refractivity contribution in [3.05, 3.63) is 113 Å². The van der Waals surface area contributed by atoms with Crippen LogP contribution in [-0.2, 0) is 10.8 Å². The Morgan fingerprint density at radius 2 is 1.48 bits per heavy atom. The van der Waals surface area contributed by atoms with Crippen molar-refractivity contribution in [2.24, 2.45) is 5.92 Å². The molecule has 0 saturated carbocycles. The highest BCUT2D eigenvalue weighted by Crippen LogP contribution is 2.46. The topological polar surface area (TPSA) is 3.24 Å². The van der Waals surface area contributed by atoms with Crippen LogP contribution in [0, 0.1) is 12.8 Å². The Morgan fingerprint density at radius 1 is 0.871 bits per heavy atom. The smallest absolute Gasteiger partial charge is 0.0447 e. The van der Waals surface area contributed by atoms with Gasteiger partial charge in [-0.15, -0.1) is 0 Å². The van der Waals surface area contributed by atoms with E-state index >= 15 is 0 Å². The molecule has 1 atom stereocenters. The van der Waals surface area contributed by atoms with Crippen molar-refractivity contribution in [2.75, 3.05) is 11.9 Å². The summed E-state index contributed by atoms with van der Waals surface area (Å²) in [5.74, 6) is 0.441. The number of hydrogen-bond donors (Lipinski definition) is 0. The summed E-state index contributed by atoms with van der Waals surface area (Å²) in [6.45, 7) is 13.8. The summed E-state index contributed by atoms with van der Waals surface area (Å²) in [6, 6.07) is 17.4. The van der Waals surface area contributed by atoms with Gasteiger partial charge in [0, 0.05) is 23.8 Å². The highest BCUT2D eigenvalue weighted by molar-refractivity contribution is 5.70. The van der Waals surface area contributed by atoms with E-state index in [0.29, 0.717) is 5.92 Å². The molecule has 2 aromatic rings. The zero-order chi connectivity index (χ0) is 22.6. The fraction of sp³-hybridized carbons (Fsp3) is 0.333. The first-order chi connectivity index (χ1) is 14.7. The van der Waals surface area contributed by atoms with Gasteiger partial charge < -0.3 is 4.90 Å². The minimum Gasteiger partial charge on any atom is -0.347 e. The van der Waals surface area contributed by atoms with E-state index in [1.54, 1.807) is 0 Å². The number of rotatable bonds is 6. The number of likely N-dealkylation sites (N-methyl/N-ethyl adjacent to an activating group) is 1. The Balaban J connectivity index is 1.64. The van der Waals surface area contributed by atoms with Crippen LogP contribution < -0.4 is 4.90 Å². The van der Waals surface area contributed by atoms with Crippen LogP contribution in [0.2, 0.25) is 0 Å². The van der Waals surface area contributed by atoms with Crippen LogP contribution in [0.1, 0.15) is 51.3 Å². The minimum atomic E-state index is 0.0237. The number of allylic oxidation sites excluding steroid dienone is 8. The first kappa shape index (κ1) is 22.9. The van der Waals surface area contributed by atoms with Crippen molar-refractivity contribution in [1.29, 1.82) is 0 Å². The standard InChI is InChI=1S/C30H37N/c1-23-17-13-14-19-25(23)29(3,4)24(2)18-11-9-8-10-12-22-28-30(5,6)26-20-15-16-21-27(26)31(28)7/h8-22,24H,1-7H3/b9-8+,12-10+,18-11+,28-22+. The van der Waals surface area contributed by atoms with Crippen molar-refractivity contribution in [3.63, 3.8) is 0 Å². The summed E-state index contributed by atoms with van der Waals surface area (Å²) in [5, 5.41) is 0. The summed E-state index contributed by atoms with van der Waals surface area (Å²) in [7, 11) is 2.16. The summed E-state index contributed by atoms with van der Waals surface area (Å²) >= 11 is 0. The van der Waals surface area contributed by atoms with E-state index in [4.69, 9.17) is 0 Å². The third kappa shape index (κ3) is 4.61. The van der Waals surface area contributed by atoms with Gasteiger partial charge in [-0.2, -0.15) is 0 Å². The van der Waals surface area contributed by atoms with Gasteiger partial charge in [-0.3, -0.25) is 0 Å². The number of para-hydroxylation sites is 1. The molecule has 0 spiro atoms. The molecule has 1 unspecified atom stereocenters. The predicted molar refractivity (Wildman–Crippen MR) is 137 cm³/mol. The lowest BCUT2D eigenvalue weighted by molar-refractivity contribution is 0.407. The van der Waals surface area contributed by atoms with Gasteiger partial charge in [-0.05, 0) is 47.1 Å². The van der Waals surface area contributed by atoms with E-state index in [1.807, 2.05) is 0 Å². The minimum absolute atomic E-state index is 0.0237. The summed E-state index contributed by atoms with van der Waals surface area (Å²) < 4.78 is 0. The van der Waals surface area contributed by atoms with Crippen LogP contribution in [0.5, 0.6) is 0 Å². The fourth-order valence-electron chi connectivity index (χ4n) is 4.65. The van der Waals surface area contributed by atoms with Gasteiger partial charge in [-0.25, -0.2) is 0 Å². The lowest BCUT2D eigenvalue weighted by Crippen LogP contribution is -2.26. The van der Waals surface area contributed by atoms with Gasteiger partial charge in [0.25, 0.3) is 0 Å². The Hall–Kier alpha value is -2.80. The van der Waals surface area contributed by atoms with Gasteiger partial charge in [0.2, 0.25) is 0 Å². The summed E-state index contributed by atoms with van der Waals surface area (Å²) in [6.07, 6.45) is 15.2. The highest BCUT2D eigenvalue weighted by Gasteiger charge is 2.37. The molecule has 1 heterocycles. The average Bonchev–Trinajstić information content (AvgIpc) is 2.93. The quantitative estimate of drug-likeness (QED) is 0.437. The molecule has 0 amide bonds. The Labute approximate surface area is 189 Å². The normalized spacial score (nSPS) is 18.5.